The monoisotopic (exact) mass is 304 g/mol. The van der Waals surface area contributed by atoms with Crippen LogP contribution >= 0.6 is 11.8 Å². The van der Waals surface area contributed by atoms with Gasteiger partial charge in [0, 0.05) is 19.1 Å². The van der Waals surface area contributed by atoms with Crippen molar-refractivity contribution < 1.29 is 4.79 Å². The highest BCUT2D eigenvalue weighted by atomic mass is 32.2. The Morgan fingerprint density at radius 3 is 2.76 bits per heavy atom. The van der Waals surface area contributed by atoms with E-state index in [-0.39, 0.29) is 11.9 Å². The lowest BCUT2D eigenvalue weighted by atomic mass is 9.98. The van der Waals surface area contributed by atoms with Gasteiger partial charge in [0.15, 0.2) is 0 Å². The zero-order valence-electron chi connectivity index (χ0n) is 12.7. The van der Waals surface area contributed by atoms with Crippen LogP contribution in [0.2, 0.25) is 0 Å². The molecule has 1 saturated heterocycles. The molecule has 1 aromatic carbocycles. The van der Waals surface area contributed by atoms with Crippen molar-refractivity contribution in [2.75, 3.05) is 18.1 Å². The molecule has 21 heavy (non-hydrogen) atoms. The molecule has 1 unspecified atom stereocenters. The first-order chi connectivity index (χ1) is 10.2. The molecule has 3 nitrogen and oxygen atoms in total. The van der Waals surface area contributed by atoms with Crippen molar-refractivity contribution in [3.05, 3.63) is 35.4 Å². The number of hydrogen-bond acceptors (Lipinski definition) is 3. The number of nitrogens with zero attached hydrogens (tertiary/aromatic N) is 1. The topological polar surface area (TPSA) is 32.3 Å². The molecule has 4 heteroatoms. The van der Waals surface area contributed by atoms with Gasteiger partial charge < -0.3 is 5.32 Å². The minimum absolute atomic E-state index is 0.0343. The molecule has 0 spiro atoms. The van der Waals surface area contributed by atoms with Gasteiger partial charge in [-0.25, -0.2) is 0 Å². The lowest BCUT2D eigenvalue weighted by molar-refractivity contribution is -0.127. The van der Waals surface area contributed by atoms with Crippen LogP contribution in [0.4, 0.5) is 0 Å². The van der Waals surface area contributed by atoms with Crippen LogP contribution in [0.15, 0.2) is 24.3 Å². The van der Waals surface area contributed by atoms with E-state index in [2.05, 4.69) is 34.5 Å². The first kappa shape index (κ1) is 14.9. The zero-order chi connectivity index (χ0) is 14.7. The molecule has 0 aromatic heterocycles. The average molecular weight is 304 g/mol. The van der Waals surface area contributed by atoms with E-state index in [1.54, 1.807) is 0 Å². The molecule has 114 valence electrons. The molecule has 1 N–H and O–H groups in total. The van der Waals surface area contributed by atoms with Crippen molar-refractivity contribution in [3.63, 3.8) is 0 Å². The molecule has 1 fully saturated rings. The maximum absolute atomic E-state index is 12.5. The van der Waals surface area contributed by atoms with E-state index < -0.39 is 0 Å². The predicted octanol–water partition coefficient (Wildman–Crippen LogP) is 2.45. The molecule has 0 aliphatic carbocycles. The van der Waals surface area contributed by atoms with Gasteiger partial charge in [0.1, 0.15) is 0 Å². The molecule has 3 rings (SSSR count). The average Bonchev–Trinajstić information content (AvgIpc) is 2.54. The number of fused-ring (bicyclic) bond motifs is 1. The number of rotatable bonds is 3. The van der Waals surface area contributed by atoms with E-state index in [0.717, 1.165) is 32.4 Å². The van der Waals surface area contributed by atoms with E-state index in [9.17, 15) is 4.79 Å². The summed E-state index contributed by atoms with van der Waals surface area (Å²) in [5.41, 5.74) is 2.81. The summed E-state index contributed by atoms with van der Waals surface area (Å²) in [6, 6.07) is 8.94. The molecule has 2 aliphatic heterocycles. The molecule has 1 atom stereocenters. The minimum atomic E-state index is -0.0343. The number of hydrogen-bond donors (Lipinski definition) is 1. The Balaban J connectivity index is 1.58. The quantitative estimate of drug-likeness (QED) is 0.931. The number of amides is 1. The van der Waals surface area contributed by atoms with Crippen LogP contribution in [0.3, 0.4) is 0 Å². The van der Waals surface area contributed by atoms with E-state index in [1.807, 2.05) is 18.7 Å². The van der Waals surface area contributed by atoms with Crippen LogP contribution < -0.4 is 5.32 Å². The van der Waals surface area contributed by atoms with Gasteiger partial charge in [-0.1, -0.05) is 24.3 Å². The standard InChI is InChI=1S/C17H24N2OS/c1-13(17(20)18-16-7-10-21-11-8-16)19-9-6-14-4-2-3-5-15(14)12-19/h2-5,13,16H,6-12H2,1H3,(H,18,20). The van der Waals surface area contributed by atoms with E-state index >= 15 is 0 Å². The summed E-state index contributed by atoms with van der Waals surface area (Å²) in [6.45, 7) is 3.91. The molecule has 0 radical (unpaired) electrons. The highest BCUT2D eigenvalue weighted by Gasteiger charge is 2.26. The highest BCUT2D eigenvalue weighted by molar-refractivity contribution is 7.99. The second-order valence-electron chi connectivity index (χ2n) is 6.06. The maximum atomic E-state index is 12.5. The number of nitrogens with one attached hydrogen (secondary N) is 1. The lowest BCUT2D eigenvalue weighted by Gasteiger charge is -2.34. The molecule has 2 heterocycles. The third kappa shape index (κ3) is 3.61. The lowest BCUT2D eigenvalue weighted by Crippen LogP contribution is -2.50. The fourth-order valence-corrected chi connectivity index (χ4v) is 4.28. The van der Waals surface area contributed by atoms with Crippen LogP contribution in [0, 0.1) is 0 Å². The molecule has 1 amide bonds. The highest BCUT2D eigenvalue weighted by Crippen LogP contribution is 2.21. The van der Waals surface area contributed by atoms with Gasteiger partial charge in [-0.3, -0.25) is 9.69 Å². The van der Waals surface area contributed by atoms with Crippen molar-refractivity contribution in [1.82, 2.24) is 10.2 Å². The number of carbonyl (C=O) groups excluding carboxylic acids is 1. The van der Waals surface area contributed by atoms with Crippen molar-refractivity contribution in [2.45, 2.75) is 44.8 Å². The SMILES string of the molecule is CC(C(=O)NC1CCSCC1)N1CCc2ccccc2C1. The van der Waals surface area contributed by atoms with E-state index in [4.69, 9.17) is 0 Å². The summed E-state index contributed by atoms with van der Waals surface area (Å²) in [5, 5.41) is 3.25. The molecular weight excluding hydrogens is 280 g/mol. The maximum Gasteiger partial charge on any atom is 0.237 e. The van der Waals surface area contributed by atoms with Crippen LogP contribution in [-0.2, 0) is 17.8 Å². The van der Waals surface area contributed by atoms with Crippen molar-refractivity contribution in [1.29, 1.82) is 0 Å². The van der Waals surface area contributed by atoms with Gasteiger partial charge in [-0.05, 0) is 48.8 Å². The summed E-state index contributed by atoms with van der Waals surface area (Å²) in [5.74, 6) is 2.55. The Morgan fingerprint density at radius 1 is 1.29 bits per heavy atom. The van der Waals surface area contributed by atoms with Crippen LogP contribution in [-0.4, -0.2) is 40.9 Å². The van der Waals surface area contributed by atoms with Crippen LogP contribution in [0.5, 0.6) is 0 Å². The van der Waals surface area contributed by atoms with Crippen molar-refractivity contribution >= 4 is 17.7 Å². The van der Waals surface area contributed by atoms with E-state index in [0.29, 0.717) is 6.04 Å². The van der Waals surface area contributed by atoms with Gasteiger partial charge in [-0.2, -0.15) is 11.8 Å². The second kappa shape index (κ2) is 6.84. The van der Waals surface area contributed by atoms with Crippen molar-refractivity contribution in [3.8, 4) is 0 Å². The Bertz CT molecular complexity index is 499. The summed E-state index contributed by atoms with van der Waals surface area (Å²) in [6.07, 6.45) is 3.28. The summed E-state index contributed by atoms with van der Waals surface area (Å²) in [7, 11) is 0. The van der Waals surface area contributed by atoms with Gasteiger partial charge in [0.2, 0.25) is 5.91 Å². The Morgan fingerprint density at radius 2 is 2.00 bits per heavy atom. The zero-order valence-corrected chi connectivity index (χ0v) is 13.5. The first-order valence-corrected chi connectivity index (χ1v) is 9.08. The Kier molecular flexibility index (Phi) is 4.86. The molecular formula is C17H24N2OS. The van der Waals surface area contributed by atoms with E-state index in [1.165, 1.54) is 22.6 Å². The van der Waals surface area contributed by atoms with Gasteiger partial charge >= 0.3 is 0 Å². The van der Waals surface area contributed by atoms with Crippen LogP contribution in [0.25, 0.3) is 0 Å². The molecule has 0 bridgehead atoms. The summed E-state index contributed by atoms with van der Waals surface area (Å²) in [4.78, 5) is 14.8. The molecule has 2 aliphatic rings. The van der Waals surface area contributed by atoms with Gasteiger partial charge in [0.25, 0.3) is 0 Å². The normalized spacial score (nSPS) is 21.6. The summed E-state index contributed by atoms with van der Waals surface area (Å²) < 4.78 is 0. The fraction of sp³-hybridized carbons (Fsp3) is 0.588. The van der Waals surface area contributed by atoms with Crippen LogP contribution in [0.1, 0.15) is 30.9 Å². The largest absolute Gasteiger partial charge is 0.352 e. The molecule has 1 aromatic rings. The minimum Gasteiger partial charge on any atom is -0.352 e. The van der Waals surface area contributed by atoms with Crippen molar-refractivity contribution in [2.24, 2.45) is 0 Å². The second-order valence-corrected chi connectivity index (χ2v) is 7.29. The number of benzene rings is 1. The smallest absolute Gasteiger partial charge is 0.237 e. The fourth-order valence-electron chi connectivity index (χ4n) is 3.18. The third-order valence-corrected chi connectivity index (χ3v) is 5.70. The number of carbonyl (C=O) groups is 1. The first-order valence-electron chi connectivity index (χ1n) is 7.93. The molecule has 0 saturated carbocycles. The predicted molar refractivity (Wildman–Crippen MR) is 88.5 cm³/mol. The van der Waals surface area contributed by atoms with Gasteiger partial charge in [-0.15, -0.1) is 0 Å². The number of thioether (sulfide) groups is 1. The summed E-state index contributed by atoms with van der Waals surface area (Å²) >= 11 is 1.99. The Labute approximate surface area is 131 Å². The third-order valence-electron chi connectivity index (χ3n) is 4.66. The van der Waals surface area contributed by atoms with Gasteiger partial charge in [0.05, 0.1) is 6.04 Å². The Hall–Kier alpha value is -1.00.